The molecule has 0 aliphatic rings. The Morgan fingerprint density at radius 2 is 0.649 bits per heavy atom. The maximum Gasteiger partial charge on any atom is 0.309 e. The van der Waals surface area contributed by atoms with E-state index in [0.29, 0.717) is 10.8 Å². The van der Waals surface area contributed by atoms with Crippen molar-refractivity contribution in [1.29, 1.82) is 0 Å². The SMILES string of the molecule is CCC(CC)(CC)COCC(CC)(CC)CC.CCC(CC)(CC)NC(=O)C(=O)NC(CC)(CC)CC. The molecule has 0 rings (SSSR count). The van der Waals surface area contributed by atoms with Gasteiger partial charge in [0.15, 0.2) is 0 Å². The van der Waals surface area contributed by atoms with Crippen molar-refractivity contribution in [2.75, 3.05) is 13.2 Å². The van der Waals surface area contributed by atoms with Crippen LogP contribution in [0.3, 0.4) is 0 Å². The molecule has 0 spiro atoms. The minimum atomic E-state index is -0.504. The Bertz CT molecular complexity index is 516. The van der Waals surface area contributed by atoms with E-state index in [9.17, 15) is 9.59 Å². The lowest BCUT2D eigenvalue weighted by molar-refractivity contribution is -0.141. The highest BCUT2D eigenvalue weighted by molar-refractivity contribution is 6.35. The maximum atomic E-state index is 12.1. The van der Waals surface area contributed by atoms with Crippen molar-refractivity contribution in [3.05, 3.63) is 0 Å². The third kappa shape index (κ3) is 11.7. The first-order chi connectivity index (χ1) is 17.4. The van der Waals surface area contributed by atoms with Crippen LogP contribution in [0.1, 0.15) is 160 Å². The summed E-state index contributed by atoms with van der Waals surface area (Å²) in [5.74, 6) is -1.01. The molecule has 0 fully saturated rings. The minimum Gasteiger partial charge on any atom is -0.380 e. The van der Waals surface area contributed by atoms with E-state index in [2.05, 4.69) is 52.2 Å². The molecule has 0 aromatic rings. The van der Waals surface area contributed by atoms with Gasteiger partial charge in [0.2, 0.25) is 0 Å². The van der Waals surface area contributed by atoms with Gasteiger partial charge in [-0.2, -0.15) is 0 Å². The first-order valence-corrected chi connectivity index (χ1v) is 15.7. The van der Waals surface area contributed by atoms with Crippen molar-refractivity contribution in [3.8, 4) is 0 Å². The third-order valence-corrected chi connectivity index (χ3v) is 10.3. The molecule has 222 valence electrons. The van der Waals surface area contributed by atoms with Gasteiger partial charge in [-0.1, -0.05) is 83.1 Å². The topological polar surface area (TPSA) is 67.4 Å². The van der Waals surface area contributed by atoms with Gasteiger partial charge in [0, 0.05) is 11.1 Å². The molecule has 2 N–H and O–H groups in total. The monoisotopic (exact) mass is 527 g/mol. The van der Waals surface area contributed by atoms with E-state index in [1.807, 2.05) is 41.5 Å². The van der Waals surface area contributed by atoms with Crippen molar-refractivity contribution in [3.63, 3.8) is 0 Å². The molecule has 0 aromatic carbocycles. The maximum absolute atomic E-state index is 12.1. The quantitative estimate of drug-likeness (QED) is 0.176. The van der Waals surface area contributed by atoms with E-state index in [1.54, 1.807) is 0 Å². The molecule has 0 aliphatic carbocycles. The fraction of sp³-hybridized carbons (Fsp3) is 0.938. The Balaban J connectivity index is 0. The van der Waals surface area contributed by atoms with Crippen molar-refractivity contribution in [1.82, 2.24) is 10.6 Å². The van der Waals surface area contributed by atoms with E-state index < -0.39 is 11.8 Å². The van der Waals surface area contributed by atoms with Gasteiger partial charge < -0.3 is 15.4 Å². The number of ether oxygens (including phenoxy) is 1. The number of rotatable bonds is 18. The molecular formula is C32H66N2O3. The number of amides is 2. The normalized spacial score (nSPS) is 12.5. The summed E-state index contributed by atoms with van der Waals surface area (Å²) < 4.78 is 6.11. The van der Waals surface area contributed by atoms with Gasteiger partial charge in [-0.25, -0.2) is 0 Å². The van der Waals surface area contributed by atoms with Gasteiger partial charge >= 0.3 is 11.8 Å². The second-order valence-electron chi connectivity index (χ2n) is 11.2. The zero-order valence-corrected chi connectivity index (χ0v) is 27.1. The predicted octanol–water partition coefficient (Wildman–Crippen LogP) is 8.59. The van der Waals surface area contributed by atoms with Crippen molar-refractivity contribution < 1.29 is 14.3 Å². The van der Waals surface area contributed by atoms with Crippen LogP contribution < -0.4 is 10.6 Å². The van der Waals surface area contributed by atoms with Gasteiger partial charge in [-0.05, 0) is 87.9 Å². The number of carbonyl (C=O) groups is 2. The van der Waals surface area contributed by atoms with Crippen LogP contribution in [0.2, 0.25) is 0 Å². The van der Waals surface area contributed by atoms with Crippen LogP contribution in [0.15, 0.2) is 0 Å². The summed E-state index contributed by atoms with van der Waals surface area (Å²) in [6.45, 7) is 27.9. The van der Waals surface area contributed by atoms with Gasteiger partial charge in [0.05, 0.1) is 13.2 Å². The van der Waals surface area contributed by atoms with Crippen LogP contribution in [0.4, 0.5) is 0 Å². The van der Waals surface area contributed by atoms with Gasteiger partial charge in [0.1, 0.15) is 0 Å². The molecule has 0 saturated carbocycles. The summed E-state index contributed by atoms with van der Waals surface area (Å²) in [4.78, 5) is 24.3. The van der Waals surface area contributed by atoms with Crippen LogP contribution in [0, 0.1) is 10.8 Å². The highest BCUT2D eigenvalue weighted by Gasteiger charge is 2.33. The molecule has 0 unspecified atom stereocenters. The zero-order valence-electron chi connectivity index (χ0n) is 27.1. The summed E-state index contributed by atoms with van der Waals surface area (Å²) >= 11 is 0. The van der Waals surface area contributed by atoms with Gasteiger partial charge in [0.25, 0.3) is 0 Å². The largest absolute Gasteiger partial charge is 0.380 e. The second-order valence-corrected chi connectivity index (χ2v) is 11.2. The molecule has 37 heavy (non-hydrogen) atoms. The Morgan fingerprint density at radius 3 is 0.811 bits per heavy atom. The first kappa shape index (κ1) is 38.0. The Kier molecular flexibility index (Phi) is 19.6. The Labute approximate surface area is 232 Å². The van der Waals surface area contributed by atoms with E-state index >= 15 is 0 Å². The molecule has 0 heterocycles. The van der Waals surface area contributed by atoms with Crippen LogP contribution in [0.5, 0.6) is 0 Å². The molecule has 0 saturated heterocycles. The molecule has 0 atom stereocenters. The van der Waals surface area contributed by atoms with E-state index in [1.165, 1.54) is 38.5 Å². The van der Waals surface area contributed by atoms with Crippen LogP contribution >= 0.6 is 0 Å². The summed E-state index contributed by atoms with van der Waals surface area (Å²) in [5, 5.41) is 5.85. The van der Waals surface area contributed by atoms with Crippen LogP contribution in [-0.2, 0) is 14.3 Å². The Morgan fingerprint density at radius 1 is 0.432 bits per heavy atom. The summed E-state index contributed by atoms with van der Waals surface area (Å²) in [6.07, 6.45) is 12.4. The summed E-state index contributed by atoms with van der Waals surface area (Å²) in [5.41, 5.74) is 0.311. The van der Waals surface area contributed by atoms with Crippen molar-refractivity contribution in [2.24, 2.45) is 10.8 Å². The average Bonchev–Trinajstić information content (AvgIpc) is 2.96. The van der Waals surface area contributed by atoms with Crippen LogP contribution in [-0.4, -0.2) is 36.1 Å². The molecule has 0 radical (unpaired) electrons. The molecule has 0 aromatic heterocycles. The number of hydrogen-bond acceptors (Lipinski definition) is 3. The molecule has 0 bridgehead atoms. The molecule has 5 heteroatoms. The fourth-order valence-corrected chi connectivity index (χ4v) is 5.22. The van der Waals surface area contributed by atoms with E-state index in [4.69, 9.17) is 4.74 Å². The number of nitrogens with one attached hydrogen (secondary N) is 2. The average molecular weight is 527 g/mol. The van der Waals surface area contributed by atoms with E-state index in [0.717, 1.165) is 51.7 Å². The highest BCUT2D eigenvalue weighted by atomic mass is 16.5. The summed E-state index contributed by atoms with van der Waals surface area (Å²) in [6, 6.07) is 0. The molecule has 0 aliphatic heterocycles. The third-order valence-electron chi connectivity index (χ3n) is 10.3. The first-order valence-electron chi connectivity index (χ1n) is 15.7. The van der Waals surface area contributed by atoms with Gasteiger partial charge in [-0.3, -0.25) is 9.59 Å². The zero-order chi connectivity index (χ0) is 29.2. The van der Waals surface area contributed by atoms with E-state index in [-0.39, 0.29) is 11.1 Å². The smallest absolute Gasteiger partial charge is 0.309 e. The highest BCUT2D eigenvalue weighted by Crippen LogP contribution is 2.34. The minimum absolute atomic E-state index is 0.262. The predicted molar refractivity (Wildman–Crippen MR) is 161 cm³/mol. The second kappa shape index (κ2) is 19.0. The fourth-order valence-electron chi connectivity index (χ4n) is 5.22. The van der Waals surface area contributed by atoms with Crippen molar-refractivity contribution >= 4 is 11.8 Å². The standard InChI is InChI=1S/C16H32N2O2.C16H34O/c1-7-15(8-2,9-3)17-13(19)14(20)18-16(10-4,11-5)12-6;1-7-15(8-2,9-3)13-17-14-16(10-4,11-5)12-6/h7-12H2,1-6H3,(H,17,19)(H,18,20);7-14H2,1-6H3. The van der Waals surface area contributed by atoms with Crippen molar-refractivity contribution in [2.45, 2.75) is 171 Å². The molecular weight excluding hydrogens is 460 g/mol. The number of carbonyl (C=O) groups excluding carboxylic acids is 2. The lowest BCUT2D eigenvalue weighted by atomic mass is 9.79. The van der Waals surface area contributed by atoms with Gasteiger partial charge in [-0.15, -0.1) is 0 Å². The number of hydrogen-bond donors (Lipinski definition) is 2. The summed E-state index contributed by atoms with van der Waals surface area (Å²) in [7, 11) is 0. The lowest BCUT2D eigenvalue weighted by Crippen LogP contribution is -2.56. The Hall–Kier alpha value is -1.10. The van der Waals surface area contributed by atoms with Crippen LogP contribution in [0.25, 0.3) is 0 Å². The molecule has 2 amide bonds. The molecule has 5 nitrogen and oxygen atoms in total. The lowest BCUT2D eigenvalue weighted by Gasteiger charge is -2.34.